The molecular weight excluding hydrogens is 382 g/mol. The predicted molar refractivity (Wildman–Crippen MR) is 115 cm³/mol. The maximum Gasteiger partial charge on any atom is 0.256 e. The summed E-state index contributed by atoms with van der Waals surface area (Å²) in [6, 6.07) is 19.7. The maximum atomic E-state index is 13.3. The summed E-state index contributed by atoms with van der Waals surface area (Å²) in [5.74, 6) is -0.0290. The first-order valence-corrected chi connectivity index (χ1v) is 10.1. The van der Waals surface area contributed by atoms with Gasteiger partial charge in [-0.05, 0) is 42.3 Å². The highest BCUT2D eigenvalue weighted by Gasteiger charge is 2.37. The van der Waals surface area contributed by atoms with Crippen molar-refractivity contribution < 1.29 is 4.79 Å². The van der Waals surface area contributed by atoms with Gasteiger partial charge in [0, 0.05) is 46.5 Å². The Morgan fingerprint density at radius 3 is 2.69 bits per heavy atom. The zero-order valence-electron chi connectivity index (χ0n) is 16.0. The summed E-state index contributed by atoms with van der Waals surface area (Å²) in [6.45, 7) is 2.64. The van der Waals surface area contributed by atoms with Crippen molar-refractivity contribution in [1.29, 1.82) is 0 Å². The van der Waals surface area contributed by atoms with E-state index in [1.165, 1.54) is 10.9 Å². The topological polar surface area (TPSA) is 49.0 Å². The Kier molecular flexibility index (Phi) is 4.36. The number of H-pyrrole nitrogens is 1. The summed E-state index contributed by atoms with van der Waals surface area (Å²) in [5.41, 5.74) is 5.01. The number of halogens is 1. The molecule has 2 atom stereocenters. The Hall–Kier alpha value is -3.11. The lowest BCUT2D eigenvalue weighted by Gasteiger charge is -2.38. The number of aromatic amines is 1. The third-order valence-corrected chi connectivity index (χ3v) is 6.18. The summed E-state index contributed by atoms with van der Waals surface area (Å²) in [5, 5.41) is 1.91. The van der Waals surface area contributed by atoms with Gasteiger partial charge in [0.15, 0.2) is 0 Å². The van der Waals surface area contributed by atoms with E-state index < -0.39 is 0 Å². The number of pyridine rings is 1. The van der Waals surface area contributed by atoms with Gasteiger partial charge in [-0.15, -0.1) is 0 Å². The molecule has 5 heteroatoms. The van der Waals surface area contributed by atoms with Crippen LogP contribution in [0.3, 0.4) is 0 Å². The van der Waals surface area contributed by atoms with E-state index in [0.29, 0.717) is 12.1 Å². The average molecular weight is 402 g/mol. The summed E-state index contributed by atoms with van der Waals surface area (Å²) in [7, 11) is 0. The van der Waals surface area contributed by atoms with Crippen molar-refractivity contribution in [3.05, 3.63) is 100 Å². The summed E-state index contributed by atoms with van der Waals surface area (Å²) >= 11 is 6.60. The minimum atomic E-state index is -0.0798. The Morgan fingerprint density at radius 1 is 1.10 bits per heavy atom. The van der Waals surface area contributed by atoms with Crippen molar-refractivity contribution in [3.8, 4) is 0 Å². The van der Waals surface area contributed by atoms with E-state index in [0.717, 1.165) is 21.8 Å². The number of carbonyl (C=O) groups is 1. The molecule has 2 unspecified atom stereocenters. The van der Waals surface area contributed by atoms with Gasteiger partial charge in [-0.2, -0.15) is 0 Å². The fourth-order valence-electron chi connectivity index (χ4n) is 4.42. The van der Waals surface area contributed by atoms with Gasteiger partial charge in [0.1, 0.15) is 0 Å². The first-order chi connectivity index (χ1) is 14.1. The molecule has 0 spiro atoms. The molecule has 0 aliphatic carbocycles. The van der Waals surface area contributed by atoms with Crippen molar-refractivity contribution in [2.45, 2.75) is 18.9 Å². The molecule has 0 fully saturated rings. The highest BCUT2D eigenvalue weighted by molar-refractivity contribution is 6.31. The first kappa shape index (κ1) is 18.0. The van der Waals surface area contributed by atoms with E-state index in [2.05, 4.69) is 41.2 Å². The van der Waals surface area contributed by atoms with Crippen LogP contribution in [0.5, 0.6) is 0 Å². The van der Waals surface area contributed by atoms with Gasteiger partial charge in [-0.25, -0.2) is 0 Å². The molecular formula is C24H20ClN3O. The number of carbonyl (C=O) groups excluding carboxylic acids is 1. The van der Waals surface area contributed by atoms with Gasteiger partial charge < -0.3 is 9.88 Å². The van der Waals surface area contributed by atoms with E-state index >= 15 is 0 Å². The number of hydrogen-bond acceptors (Lipinski definition) is 2. The fourth-order valence-corrected chi connectivity index (χ4v) is 4.68. The Bertz CT molecular complexity index is 1200. The highest BCUT2D eigenvalue weighted by Crippen LogP contribution is 2.44. The summed E-state index contributed by atoms with van der Waals surface area (Å²) < 4.78 is 0. The van der Waals surface area contributed by atoms with Crippen molar-refractivity contribution in [2.24, 2.45) is 0 Å². The lowest BCUT2D eigenvalue weighted by atomic mass is 9.83. The standard InChI is InChI=1S/C24H20ClN3O/c1-15-23-22(18-9-3-5-11-21(18)27-23)19(17-8-2-4-10-20(17)25)14-28(15)24(29)16-7-6-12-26-13-16/h2-13,15,19,27H,14H2,1H3. The molecule has 5 rings (SSSR count). The van der Waals surface area contributed by atoms with Crippen LogP contribution in [0.1, 0.15) is 46.1 Å². The van der Waals surface area contributed by atoms with Gasteiger partial charge in [-0.1, -0.05) is 48.0 Å². The number of para-hydroxylation sites is 1. The molecule has 144 valence electrons. The molecule has 4 nitrogen and oxygen atoms in total. The molecule has 0 bridgehead atoms. The molecule has 2 aromatic carbocycles. The second-order valence-corrected chi connectivity index (χ2v) is 7.85. The van der Waals surface area contributed by atoms with E-state index in [4.69, 9.17) is 11.6 Å². The molecule has 29 heavy (non-hydrogen) atoms. The van der Waals surface area contributed by atoms with E-state index in [-0.39, 0.29) is 17.9 Å². The smallest absolute Gasteiger partial charge is 0.256 e. The van der Waals surface area contributed by atoms with Crippen LogP contribution in [-0.4, -0.2) is 27.3 Å². The molecule has 1 N–H and O–H groups in total. The van der Waals surface area contributed by atoms with Crippen LogP contribution in [0, 0.1) is 0 Å². The summed E-state index contributed by atoms with van der Waals surface area (Å²) in [6.07, 6.45) is 3.30. The van der Waals surface area contributed by atoms with Crippen LogP contribution >= 0.6 is 11.6 Å². The van der Waals surface area contributed by atoms with E-state index in [9.17, 15) is 4.79 Å². The number of aromatic nitrogens is 2. The van der Waals surface area contributed by atoms with Crippen LogP contribution in [0.4, 0.5) is 0 Å². The van der Waals surface area contributed by atoms with Gasteiger partial charge in [0.05, 0.1) is 11.6 Å². The number of nitrogens with one attached hydrogen (secondary N) is 1. The Balaban J connectivity index is 1.69. The molecule has 0 saturated heterocycles. The van der Waals surface area contributed by atoms with Crippen molar-refractivity contribution in [1.82, 2.24) is 14.9 Å². The molecule has 3 heterocycles. The zero-order valence-corrected chi connectivity index (χ0v) is 16.7. The molecule has 1 aliphatic heterocycles. The summed E-state index contributed by atoms with van der Waals surface area (Å²) in [4.78, 5) is 22.9. The third kappa shape index (κ3) is 2.91. The molecule has 0 saturated carbocycles. The number of amides is 1. The maximum absolute atomic E-state index is 13.3. The predicted octanol–water partition coefficient (Wildman–Crippen LogP) is 5.57. The van der Waals surface area contributed by atoms with Crippen LogP contribution in [-0.2, 0) is 0 Å². The number of fused-ring (bicyclic) bond motifs is 3. The molecule has 1 aliphatic rings. The van der Waals surface area contributed by atoms with E-state index in [1.807, 2.05) is 35.2 Å². The number of nitrogens with zero attached hydrogens (tertiary/aromatic N) is 2. The monoisotopic (exact) mass is 401 g/mol. The average Bonchev–Trinajstić information content (AvgIpc) is 3.15. The van der Waals surface area contributed by atoms with Crippen molar-refractivity contribution >= 4 is 28.4 Å². The molecule has 0 radical (unpaired) electrons. The van der Waals surface area contributed by atoms with Gasteiger partial charge in [0.25, 0.3) is 5.91 Å². The second-order valence-electron chi connectivity index (χ2n) is 7.45. The van der Waals surface area contributed by atoms with Gasteiger partial charge >= 0.3 is 0 Å². The van der Waals surface area contributed by atoms with Gasteiger partial charge in [-0.3, -0.25) is 9.78 Å². The second kappa shape index (κ2) is 7.05. The third-order valence-electron chi connectivity index (χ3n) is 5.84. The highest BCUT2D eigenvalue weighted by atomic mass is 35.5. The zero-order chi connectivity index (χ0) is 20.0. The molecule has 2 aromatic heterocycles. The quantitative estimate of drug-likeness (QED) is 0.477. The lowest BCUT2D eigenvalue weighted by Crippen LogP contribution is -2.41. The molecule has 1 amide bonds. The van der Waals surface area contributed by atoms with Crippen LogP contribution in [0.2, 0.25) is 5.02 Å². The number of hydrogen-bond donors (Lipinski definition) is 1. The minimum absolute atomic E-state index is 0.00771. The minimum Gasteiger partial charge on any atom is -0.356 e. The van der Waals surface area contributed by atoms with Crippen molar-refractivity contribution in [2.75, 3.05) is 6.54 Å². The lowest BCUT2D eigenvalue weighted by molar-refractivity contribution is 0.0661. The number of benzene rings is 2. The Morgan fingerprint density at radius 2 is 1.90 bits per heavy atom. The largest absolute Gasteiger partial charge is 0.356 e. The number of rotatable bonds is 2. The first-order valence-electron chi connectivity index (χ1n) is 9.71. The van der Waals surface area contributed by atoms with Crippen LogP contribution in [0.25, 0.3) is 10.9 Å². The fraction of sp³-hybridized carbons (Fsp3) is 0.167. The normalized spacial score (nSPS) is 18.6. The van der Waals surface area contributed by atoms with Crippen LogP contribution in [0.15, 0.2) is 73.1 Å². The van der Waals surface area contributed by atoms with E-state index in [1.54, 1.807) is 18.5 Å². The van der Waals surface area contributed by atoms with Crippen LogP contribution < -0.4 is 0 Å². The molecule has 4 aromatic rings. The van der Waals surface area contributed by atoms with Gasteiger partial charge in [0.2, 0.25) is 0 Å². The Labute approximate surface area is 174 Å². The SMILES string of the molecule is CC1c2[nH]c3ccccc3c2C(c2ccccc2Cl)CN1C(=O)c1cccnc1. The van der Waals surface area contributed by atoms with Crippen molar-refractivity contribution in [3.63, 3.8) is 0 Å².